The first-order chi connectivity index (χ1) is 10.2. The van der Waals surface area contributed by atoms with Crippen molar-refractivity contribution in [2.45, 2.75) is 33.6 Å². The molecule has 0 atom stereocenters. The smallest absolute Gasteiger partial charge is 0.257 e. The van der Waals surface area contributed by atoms with Crippen LogP contribution in [0.2, 0.25) is 0 Å². The van der Waals surface area contributed by atoms with Crippen LogP contribution in [0.4, 0.5) is 5.69 Å². The van der Waals surface area contributed by atoms with Crippen LogP contribution < -0.4 is 5.32 Å². The number of amides is 1. The number of pyridine rings is 1. The molecule has 0 spiro atoms. The average Bonchev–Trinajstić information content (AvgIpc) is 2.97. The Morgan fingerprint density at radius 3 is 2.71 bits per heavy atom. The zero-order valence-electron chi connectivity index (χ0n) is 12.9. The Hall–Kier alpha value is -2.11. The van der Waals surface area contributed by atoms with Crippen LogP contribution in [0.15, 0.2) is 12.4 Å². The molecule has 6 heteroatoms. The van der Waals surface area contributed by atoms with Gasteiger partial charge >= 0.3 is 0 Å². The van der Waals surface area contributed by atoms with Crippen molar-refractivity contribution in [2.75, 3.05) is 25.0 Å². The molecule has 6 nitrogen and oxygen atoms in total. The average molecular weight is 289 g/mol. The molecular weight excluding hydrogens is 266 g/mol. The lowest BCUT2D eigenvalue weighted by Gasteiger charge is -2.20. The second-order valence-corrected chi connectivity index (χ2v) is 4.94. The monoisotopic (exact) mass is 289 g/mol. The number of aromatic nitrogens is 3. The molecule has 21 heavy (non-hydrogen) atoms. The first kappa shape index (κ1) is 15.3. The number of carbonyl (C=O) groups is 1. The van der Waals surface area contributed by atoms with E-state index in [2.05, 4.69) is 27.4 Å². The third-order valence-corrected chi connectivity index (χ3v) is 3.59. The topological polar surface area (TPSA) is 73.9 Å². The number of fused-ring (bicyclic) bond motifs is 1. The summed E-state index contributed by atoms with van der Waals surface area (Å²) in [5, 5.41) is 11.1. The number of hydrogen-bond acceptors (Lipinski definition) is 4. The Kier molecular flexibility index (Phi) is 5.14. The van der Waals surface area contributed by atoms with Gasteiger partial charge in [0.2, 0.25) is 0 Å². The Morgan fingerprint density at radius 1 is 1.29 bits per heavy atom. The molecule has 2 aromatic rings. The van der Waals surface area contributed by atoms with Crippen molar-refractivity contribution in [2.24, 2.45) is 0 Å². The van der Waals surface area contributed by atoms with E-state index in [-0.39, 0.29) is 5.91 Å². The van der Waals surface area contributed by atoms with Gasteiger partial charge in [-0.3, -0.25) is 9.89 Å². The number of aromatic amines is 1. The van der Waals surface area contributed by atoms with Gasteiger partial charge in [-0.2, -0.15) is 5.10 Å². The molecule has 0 fully saturated rings. The summed E-state index contributed by atoms with van der Waals surface area (Å²) in [7, 11) is 0. The fraction of sp³-hybridized carbons (Fsp3) is 0.533. The third kappa shape index (κ3) is 3.15. The lowest BCUT2D eigenvalue weighted by molar-refractivity contribution is 0.0773. The largest absolute Gasteiger partial charge is 0.384 e. The van der Waals surface area contributed by atoms with Crippen molar-refractivity contribution in [3.8, 4) is 0 Å². The van der Waals surface area contributed by atoms with Crippen molar-refractivity contribution in [3.63, 3.8) is 0 Å². The standard InChI is InChI=1S/C15H23N5O/c1-4-7-8-16-13-11-10-18-19-14(11)17-9-12(13)15(21)20(5-2)6-3/h9-10H,4-8H2,1-3H3,(H2,16,17,18,19). The molecule has 0 aliphatic heterocycles. The minimum Gasteiger partial charge on any atom is -0.384 e. The van der Waals surface area contributed by atoms with Crippen LogP contribution in [-0.2, 0) is 0 Å². The molecule has 2 heterocycles. The summed E-state index contributed by atoms with van der Waals surface area (Å²) in [4.78, 5) is 18.7. The fourth-order valence-corrected chi connectivity index (χ4v) is 2.32. The number of anilines is 1. The Morgan fingerprint density at radius 2 is 2.05 bits per heavy atom. The van der Waals surface area contributed by atoms with Gasteiger partial charge in [0.25, 0.3) is 5.91 Å². The molecule has 0 bridgehead atoms. The normalized spacial score (nSPS) is 10.8. The number of H-pyrrole nitrogens is 1. The van der Waals surface area contributed by atoms with Gasteiger partial charge in [0.05, 0.1) is 22.8 Å². The summed E-state index contributed by atoms with van der Waals surface area (Å²) < 4.78 is 0. The molecule has 2 N–H and O–H groups in total. The number of nitrogens with one attached hydrogen (secondary N) is 2. The number of hydrogen-bond donors (Lipinski definition) is 2. The quantitative estimate of drug-likeness (QED) is 0.768. The first-order valence-corrected chi connectivity index (χ1v) is 7.58. The minimum absolute atomic E-state index is 0.00889. The van der Waals surface area contributed by atoms with E-state index in [1.54, 1.807) is 17.3 Å². The Balaban J connectivity index is 2.41. The van der Waals surface area contributed by atoms with Crippen molar-refractivity contribution in [1.82, 2.24) is 20.1 Å². The highest BCUT2D eigenvalue weighted by Crippen LogP contribution is 2.25. The van der Waals surface area contributed by atoms with E-state index in [1.807, 2.05) is 13.8 Å². The van der Waals surface area contributed by atoms with E-state index >= 15 is 0 Å². The fourth-order valence-electron chi connectivity index (χ4n) is 2.32. The summed E-state index contributed by atoms with van der Waals surface area (Å²) in [6.07, 6.45) is 5.51. The van der Waals surface area contributed by atoms with E-state index in [9.17, 15) is 4.79 Å². The second-order valence-electron chi connectivity index (χ2n) is 4.94. The van der Waals surface area contributed by atoms with Crippen LogP contribution in [-0.4, -0.2) is 45.6 Å². The lowest BCUT2D eigenvalue weighted by atomic mass is 10.1. The summed E-state index contributed by atoms with van der Waals surface area (Å²) in [6, 6.07) is 0. The highest BCUT2D eigenvalue weighted by atomic mass is 16.2. The maximum absolute atomic E-state index is 12.6. The zero-order valence-corrected chi connectivity index (χ0v) is 12.9. The molecule has 2 aromatic heterocycles. The first-order valence-electron chi connectivity index (χ1n) is 7.58. The summed E-state index contributed by atoms with van der Waals surface area (Å²) in [5.74, 6) is 0.00889. The molecule has 0 saturated heterocycles. The number of carbonyl (C=O) groups excluding carboxylic acids is 1. The maximum Gasteiger partial charge on any atom is 0.257 e. The molecule has 114 valence electrons. The molecule has 0 aromatic carbocycles. The number of nitrogens with zero attached hydrogens (tertiary/aromatic N) is 3. The lowest BCUT2D eigenvalue weighted by Crippen LogP contribution is -2.31. The highest BCUT2D eigenvalue weighted by molar-refractivity contribution is 6.06. The van der Waals surface area contributed by atoms with Crippen LogP contribution >= 0.6 is 0 Å². The van der Waals surface area contributed by atoms with Crippen LogP contribution in [0.25, 0.3) is 11.0 Å². The highest BCUT2D eigenvalue weighted by Gasteiger charge is 2.19. The minimum atomic E-state index is 0.00889. The van der Waals surface area contributed by atoms with Crippen molar-refractivity contribution < 1.29 is 4.79 Å². The predicted octanol–water partition coefficient (Wildman–Crippen LogP) is 2.65. The van der Waals surface area contributed by atoms with E-state index in [4.69, 9.17) is 0 Å². The molecule has 0 aliphatic rings. The Labute approximate surface area is 124 Å². The van der Waals surface area contributed by atoms with Crippen molar-refractivity contribution in [1.29, 1.82) is 0 Å². The van der Waals surface area contributed by atoms with Crippen LogP contribution in [0.3, 0.4) is 0 Å². The van der Waals surface area contributed by atoms with Gasteiger partial charge < -0.3 is 10.2 Å². The van der Waals surface area contributed by atoms with E-state index < -0.39 is 0 Å². The van der Waals surface area contributed by atoms with Crippen LogP contribution in [0, 0.1) is 0 Å². The van der Waals surface area contributed by atoms with Gasteiger partial charge in [-0.25, -0.2) is 4.98 Å². The molecule has 0 radical (unpaired) electrons. The number of unbranched alkanes of at least 4 members (excludes halogenated alkanes) is 1. The van der Waals surface area contributed by atoms with Gasteiger partial charge in [0, 0.05) is 25.8 Å². The molecule has 1 amide bonds. The van der Waals surface area contributed by atoms with E-state index in [0.29, 0.717) is 24.3 Å². The van der Waals surface area contributed by atoms with Crippen molar-refractivity contribution >= 4 is 22.6 Å². The third-order valence-electron chi connectivity index (χ3n) is 3.59. The van der Waals surface area contributed by atoms with Gasteiger partial charge in [-0.1, -0.05) is 13.3 Å². The van der Waals surface area contributed by atoms with Gasteiger partial charge in [0.15, 0.2) is 5.65 Å². The zero-order chi connectivity index (χ0) is 15.2. The molecular formula is C15H23N5O. The SMILES string of the molecule is CCCCNc1c(C(=O)N(CC)CC)cnc2[nH]ncc12. The van der Waals surface area contributed by atoms with Crippen LogP contribution in [0.1, 0.15) is 44.0 Å². The van der Waals surface area contributed by atoms with E-state index in [0.717, 1.165) is 30.5 Å². The summed E-state index contributed by atoms with van der Waals surface area (Å²) in [6.45, 7) is 8.31. The van der Waals surface area contributed by atoms with E-state index in [1.165, 1.54) is 0 Å². The van der Waals surface area contributed by atoms with Gasteiger partial charge in [0.1, 0.15) is 0 Å². The van der Waals surface area contributed by atoms with Crippen molar-refractivity contribution in [3.05, 3.63) is 18.0 Å². The van der Waals surface area contributed by atoms with Gasteiger partial charge in [-0.05, 0) is 20.3 Å². The van der Waals surface area contributed by atoms with Crippen LogP contribution in [0.5, 0.6) is 0 Å². The predicted molar refractivity (Wildman–Crippen MR) is 84.5 cm³/mol. The molecule has 2 rings (SSSR count). The molecule has 0 aliphatic carbocycles. The molecule has 0 unspecified atom stereocenters. The Bertz CT molecular complexity index is 603. The van der Waals surface area contributed by atoms with Gasteiger partial charge in [-0.15, -0.1) is 0 Å². The maximum atomic E-state index is 12.6. The summed E-state index contributed by atoms with van der Waals surface area (Å²) in [5.41, 5.74) is 2.15. The summed E-state index contributed by atoms with van der Waals surface area (Å²) >= 11 is 0. The molecule has 0 saturated carbocycles. The number of rotatable bonds is 7. The second kappa shape index (κ2) is 7.06.